The molecule has 1 atom stereocenters. The number of alkyl halides is 3. The maximum atomic E-state index is 13.9. The van der Waals surface area contributed by atoms with Gasteiger partial charge in [0.1, 0.15) is 17.2 Å². The Morgan fingerprint density at radius 2 is 1.83 bits per heavy atom. The molecule has 0 unspecified atom stereocenters. The standard InChI is InChI=1S/C24H22F4N4O3/c1-13(16-3-5-17(6-4-16)23(34)35)29-21(33)20-14(2)30-32-8-7-31(22(20)32)12-15-9-18(24(26,27)28)11-19(25)10-15/h3-6,9-11,13H,7-8,12H2,1-2H3,(H,29,33)(H,34,35)/t13-/m0/s1. The first-order chi connectivity index (χ1) is 16.4. The van der Waals surface area contributed by atoms with Crippen molar-refractivity contribution in [2.75, 3.05) is 11.4 Å². The minimum atomic E-state index is -4.68. The largest absolute Gasteiger partial charge is 0.478 e. The van der Waals surface area contributed by atoms with Crippen LogP contribution in [0.25, 0.3) is 0 Å². The summed E-state index contributed by atoms with van der Waals surface area (Å²) in [4.78, 5) is 25.9. The molecule has 1 amide bonds. The van der Waals surface area contributed by atoms with Crippen molar-refractivity contribution < 1.29 is 32.3 Å². The lowest BCUT2D eigenvalue weighted by molar-refractivity contribution is -0.137. The van der Waals surface area contributed by atoms with E-state index in [1.165, 1.54) is 12.1 Å². The van der Waals surface area contributed by atoms with Gasteiger partial charge in [-0.15, -0.1) is 0 Å². The highest BCUT2D eigenvalue weighted by Crippen LogP contribution is 2.33. The van der Waals surface area contributed by atoms with Crippen LogP contribution in [0.4, 0.5) is 23.4 Å². The summed E-state index contributed by atoms with van der Waals surface area (Å²) in [6.07, 6.45) is -4.68. The molecule has 1 aromatic heterocycles. The van der Waals surface area contributed by atoms with E-state index in [4.69, 9.17) is 5.11 Å². The third-order valence-electron chi connectivity index (χ3n) is 5.87. The zero-order valence-electron chi connectivity index (χ0n) is 18.9. The van der Waals surface area contributed by atoms with Crippen molar-refractivity contribution in [2.45, 2.75) is 39.2 Å². The fourth-order valence-electron chi connectivity index (χ4n) is 4.18. The number of aromatic nitrogens is 2. The zero-order chi connectivity index (χ0) is 25.5. The highest BCUT2D eigenvalue weighted by molar-refractivity contribution is 6.00. The number of benzene rings is 2. The Morgan fingerprint density at radius 3 is 2.46 bits per heavy atom. The number of aryl methyl sites for hydroxylation is 1. The van der Waals surface area contributed by atoms with E-state index in [1.54, 1.807) is 35.6 Å². The molecule has 0 saturated carbocycles. The summed E-state index contributed by atoms with van der Waals surface area (Å²) in [6.45, 7) is 4.20. The Labute approximate surface area is 198 Å². The number of nitrogens with one attached hydrogen (secondary N) is 1. The third-order valence-corrected chi connectivity index (χ3v) is 5.87. The number of carboxylic acids is 1. The molecule has 0 radical (unpaired) electrons. The highest BCUT2D eigenvalue weighted by Gasteiger charge is 2.33. The number of aromatic carboxylic acids is 1. The zero-order valence-corrected chi connectivity index (χ0v) is 18.9. The number of anilines is 1. The molecule has 1 aliphatic rings. The predicted molar refractivity (Wildman–Crippen MR) is 119 cm³/mol. The Balaban J connectivity index is 1.57. The SMILES string of the molecule is Cc1nn2c(c1C(=O)N[C@@H](C)c1ccc(C(=O)O)cc1)N(Cc1cc(F)cc(C(F)(F)F)c1)CC2. The smallest absolute Gasteiger partial charge is 0.416 e. The third kappa shape index (κ3) is 4.98. The average Bonchev–Trinajstić information content (AvgIpc) is 3.30. The molecule has 2 aromatic carbocycles. The number of carboxylic acid groups (broad SMARTS) is 1. The van der Waals surface area contributed by atoms with Crippen molar-refractivity contribution >= 4 is 17.7 Å². The second-order valence-corrected chi connectivity index (χ2v) is 8.40. The van der Waals surface area contributed by atoms with E-state index in [2.05, 4.69) is 10.4 Å². The van der Waals surface area contributed by atoms with Crippen LogP contribution in [0.15, 0.2) is 42.5 Å². The lowest BCUT2D eigenvalue weighted by Crippen LogP contribution is -2.29. The summed E-state index contributed by atoms with van der Waals surface area (Å²) in [6, 6.07) is 8.05. The number of hydrogen-bond donors (Lipinski definition) is 2. The summed E-state index contributed by atoms with van der Waals surface area (Å²) in [7, 11) is 0. The van der Waals surface area contributed by atoms with E-state index in [9.17, 15) is 27.2 Å². The van der Waals surface area contributed by atoms with E-state index in [0.717, 1.165) is 12.1 Å². The van der Waals surface area contributed by atoms with Crippen LogP contribution in [0.3, 0.4) is 0 Å². The van der Waals surface area contributed by atoms with E-state index < -0.39 is 35.5 Å². The normalized spacial score (nSPS) is 14.1. The first-order valence-corrected chi connectivity index (χ1v) is 10.8. The second kappa shape index (κ2) is 9.05. The number of nitrogens with zero attached hydrogens (tertiary/aromatic N) is 3. The fraction of sp³-hybridized carbons (Fsp3) is 0.292. The molecule has 7 nitrogen and oxygen atoms in total. The van der Waals surface area contributed by atoms with Gasteiger partial charge in [-0.3, -0.25) is 4.79 Å². The van der Waals surface area contributed by atoms with Gasteiger partial charge in [0.25, 0.3) is 5.91 Å². The molecule has 35 heavy (non-hydrogen) atoms. The van der Waals surface area contributed by atoms with E-state index in [-0.39, 0.29) is 23.2 Å². The van der Waals surface area contributed by atoms with Gasteiger partial charge in [0.2, 0.25) is 0 Å². The van der Waals surface area contributed by atoms with Crippen LogP contribution in [0.2, 0.25) is 0 Å². The number of hydrogen-bond acceptors (Lipinski definition) is 4. The van der Waals surface area contributed by atoms with Gasteiger partial charge in [0.15, 0.2) is 0 Å². The molecule has 0 saturated heterocycles. The highest BCUT2D eigenvalue weighted by atomic mass is 19.4. The Bertz CT molecular complexity index is 1290. The summed E-state index contributed by atoms with van der Waals surface area (Å²) < 4.78 is 54.9. The van der Waals surface area contributed by atoms with Crippen LogP contribution in [0.5, 0.6) is 0 Å². The minimum absolute atomic E-state index is 0.0293. The van der Waals surface area contributed by atoms with Gasteiger partial charge in [-0.1, -0.05) is 12.1 Å². The van der Waals surface area contributed by atoms with Crippen LogP contribution in [0, 0.1) is 12.7 Å². The number of halogens is 4. The average molecular weight is 490 g/mol. The van der Waals surface area contributed by atoms with E-state index in [0.29, 0.717) is 36.2 Å². The van der Waals surface area contributed by atoms with E-state index >= 15 is 0 Å². The first kappa shape index (κ1) is 24.2. The number of fused-ring (bicyclic) bond motifs is 1. The van der Waals surface area contributed by atoms with Gasteiger partial charge in [0, 0.05) is 13.1 Å². The summed E-state index contributed by atoms with van der Waals surface area (Å²) in [5.74, 6) is -2.02. The molecular formula is C24H22F4N4O3. The lowest BCUT2D eigenvalue weighted by atomic mass is 10.1. The van der Waals surface area contributed by atoms with E-state index in [1.807, 2.05) is 0 Å². The Hall–Kier alpha value is -3.89. The van der Waals surface area contributed by atoms with Gasteiger partial charge in [-0.05, 0) is 55.3 Å². The summed E-state index contributed by atoms with van der Waals surface area (Å²) in [5.41, 5.74) is 0.607. The molecule has 0 aliphatic carbocycles. The summed E-state index contributed by atoms with van der Waals surface area (Å²) >= 11 is 0. The molecule has 11 heteroatoms. The minimum Gasteiger partial charge on any atom is -0.478 e. The second-order valence-electron chi connectivity index (χ2n) is 8.40. The maximum Gasteiger partial charge on any atom is 0.416 e. The molecule has 0 spiro atoms. The fourth-order valence-corrected chi connectivity index (χ4v) is 4.18. The summed E-state index contributed by atoms with van der Waals surface area (Å²) in [5, 5.41) is 16.3. The Kier molecular flexibility index (Phi) is 6.27. The van der Waals surface area contributed by atoms with Gasteiger partial charge in [-0.25, -0.2) is 13.9 Å². The van der Waals surface area contributed by atoms with Crippen LogP contribution in [-0.2, 0) is 19.3 Å². The molecule has 0 bridgehead atoms. The molecule has 184 valence electrons. The van der Waals surface area contributed by atoms with Crippen molar-refractivity contribution in [3.8, 4) is 0 Å². The van der Waals surface area contributed by atoms with Crippen LogP contribution in [-0.4, -0.2) is 33.3 Å². The Morgan fingerprint density at radius 1 is 1.14 bits per heavy atom. The predicted octanol–water partition coefficient (Wildman–Crippen LogP) is 4.56. The molecule has 2 N–H and O–H groups in total. The molecule has 1 aliphatic heterocycles. The topological polar surface area (TPSA) is 87.5 Å². The number of amides is 1. The molecule has 3 aromatic rings. The molecule has 4 rings (SSSR count). The van der Waals surface area contributed by atoms with Gasteiger partial charge < -0.3 is 15.3 Å². The van der Waals surface area contributed by atoms with Gasteiger partial charge in [0.05, 0.1) is 29.4 Å². The number of rotatable bonds is 6. The first-order valence-electron chi connectivity index (χ1n) is 10.8. The van der Waals surface area contributed by atoms with Gasteiger partial charge >= 0.3 is 12.1 Å². The number of carbonyl (C=O) groups excluding carboxylic acids is 1. The maximum absolute atomic E-state index is 13.9. The number of carbonyl (C=O) groups is 2. The van der Waals surface area contributed by atoms with Crippen molar-refractivity contribution in [2.24, 2.45) is 0 Å². The van der Waals surface area contributed by atoms with Crippen molar-refractivity contribution in [3.05, 3.63) is 81.8 Å². The monoisotopic (exact) mass is 490 g/mol. The van der Waals surface area contributed by atoms with Crippen molar-refractivity contribution in [3.63, 3.8) is 0 Å². The van der Waals surface area contributed by atoms with Crippen molar-refractivity contribution in [1.82, 2.24) is 15.1 Å². The van der Waals surface area contributed by atoms with Crippen LogP contribution in [0.1, 0.15) is 56.1 Å². The molecule has 2 heterocycles. The molecular weight excluding hydrogens is 468 g/mol. The lowest BCUT2D eigenvalue weighted by Gasteiger charge is -2.21. The van der Waals surface area contributed by atoms with Crippen LogP contribution >= 0.6 is 0 Å². The quantitative estimate of drug-likeness (QED) is 0.495. The van der Waals surface area contributed by atoms with Gasteiger partial charge in [-0.2, -0.15) is 18.3 Å². The molecule has 0 fully saturated rings. The van der Waals surface area contributed by atoms with Crippen LogP contribution < -0.4 is 10.2 Å². The van der Waals surface area contributed by atoms with Crippen molar-refractivity contribution in [1.29, 1.82) is 0 Å².